The van der Waals surface area contributed by atoms with Crippen molar-refractivity contribution in [3.63, 3.8) is 0 Å². The fourth-order valence-corrected chi connectivity index (χ4v) is 4.03. The molecule has 3 aromatic rings. The molecule has 0 aliphatic heterocycles. The molecule has 84 valence electrons. The summed E-state index contributed by atoms with van der Waals surface area (Å²) in [6.45, 7) is 8.36. The average molecular weight is 248 g/mol. The lowest BCUT2D eigenvalue weighted by atomic mass is 10.2. The van der Waals surface area contributed by atoms with Crippen molar-refractivity contribution < 1.29 is 0 Å². The van der Waals surface area contributed by atoms with Crippen LogP contribution in [0.3, 0.4) is 0 Å². The van der Waals surface area contributed by atoms with Gasteiger partial charge in [0.2, 0.25) is 0 Å². The molecule has 0 saturated carbocycles. The van der Waals surface area contributed by atoms with Gasteiger partial charge in [-0.05, 0) is 36.8 Å². The molecule has 2 heteroatoms. The monoisotopic (exact) mass is 248 g/mol. The normalized spacial score (nSPS) is 10.5. The smallest absolute Gasteiger partial charge is 0.0523 e. The van der Waals surface area contributed by atoms with Crippen LogP contribution in [0.1, 0.15) is 23.6 Å². The van der Waals surface area contributed by atoms with E-state index in [1.165, 1.54) is 29.9 Å². The van der Waals surface area contributed by atoms with E-state index in [9.17, 15) is 0 Å². The van der Waals surface area contributed by atoms with Crippen LogP contribution in [0.25, 0.3) is 20.2 Å². The van der Waals surface area contributed by atoms with Gasteiger partial charge in [0.15, 0.2) is 0 Å². The average Bonchev–Trinajstić information content (AvgIpc) is 2.81. The Morgan fingerprint density at radius 1 is 0.750 bits per heavy atom. The minimum Gasteiger partial charge on any atom is -0.139 e. The Kier molecular flexibility index (Phi) is 3.31. The van der Waals surface area contributed by atoms with Gasteiger partial charge in [0.1, 0.15) is 0 Å². The van der Waals surface area contributed by atoms with Crippen molar-refractivity contribution in [3.05, 3.63) is 34.0 Å². The molecule has 0 aliphatic rings. The van der Waals surface area contributed by atoms with Crippen molar-refractivity contribution >= 4 is 42.8 Å². The topological polar surface area (TPSA) is 0 Å². The van der Waals surface area contributed by atoms with Gasteiger partial charge in [-0.3, -0.25) is 0 Å². The molecule has 16 heavy (non-hydrogen) atoms. The van der Waals surface area contributed by atoms with Crippen LogP contribution in [0.5, 0.6) is 0 Å². The van der Waals surface area contributed by atoms with Crippen molar-refractivity contribution in [1.82, 2.24) is 0 Å². The van der Waals surface area contributed by atoms with Crippen LogP contribution in [-0.2, 0) is 0 Å². The predicted molar refractivity (Wildman–Crippen MR) is 78.0 cm³/mol. The molecule has 0 fully saturated rings. The lowest BCUT2D eigenvalue weighted by Crippen LogP contribution is -1.62. The molecule has 0 N–H and O–H groups in total. The Bertz CT molecular complexity index is 559. The molecule has 0 radical (unpaired) electrons. The van der Waals surface area contributed by atoms with Crippen LogP contribution in [0, 0.1) is 13.8 Å². The third kappa shape index (κ3) is 1.87. The SMILES string of the molecule is CC.Cc1cc2ccc3cc(C)sc3c2s1. The number of benzene rings is 1. The molecule has 3 rings (SSSR count). The van der Waals surface area contributed by atoms with Crippen molar-refractivity contribution in [3.8, 4) is 0 Å². The number of aryl methyl sites for hydroxylation is 2. The summed E-state index contributed by atoms with van der Waals surface area (Å²) < 4.78 is 2.91. The Morgan fingerprint density at radius 2 is 1.12 bits per heavy atom. The highest BCUT2D eigenvalue weighted by Crippen LogP contribution is 2.36. The number of hydrogen-bond donors (Lipinski definition) is 0. The first kappa shape index (κ1) is 11.6. The zero-order valence-corrected chi connectivity index (χ0v) is 11.8. The largest absolute Gasteiger partial charge is 0.139 e. The standard InChI is InChI=1S/C12H10S2.C2H6/c1-7-5-9-3-4-10-6-8(2)14-12(10)11(9)13-7;1-2/h3-6H,1-2H3;1-2H3. The Hall–Kier alpha value is -0.860. The highest BCUT2D eigenvalue weighted by molar-refractivity contribution is 7.27. The Balaban J connectivity index is 0.000000457. The number of thiophene rings is 2. The maximum Gasteiger partial charge on any atom is 0.0523 e. The van der Waals surface area contributed by atoms with Crippen molar-refractivity contribution in [2.24, 2.45) is 0 Å². The number of rotatable bonds is 0. The van der Waals surface area contributed by atoms with Gasteiger partial charge in [-0.25, -0.2) is 0 Å². The molecule has 2 aromatic heterocycles. The van der Waals surface area contributed by atoms with E-state index in [1.807, 2.05) is 36.5 Å². The summed E-state index contributed by atoms with van der Waals surface area (Å²) in [5, 5.41) is 2.78. The fourth-order valence-electron chi connectivity index (χ4n) is 1.85. The second kappa shape index (κ2) is 4.56. The molecule has 0 atom stereocenters. The van der Waals surface area contributed by atoms with E-state index >= 15 is 0 Å². The molecule has 0 bridgehead atoms. The van der Waals surface area contributed by atoms with Crippen LogP contribution in [0.4, 0.5) is 0 Å². The summed E-state index contributed by atoms with van der Waals surface area (Å²) in [6.07, 6.45) is 0. The highest BCUT2D eigenvalue weighted by atomic mass is 32.1. The van der Waals surface area contributed by atoms with Gasteiger partial charge in [0.05, 0.1) is 9.40 Å². The van der Waals surface area contributed by atoms with Crippen LogP contribution in [-0.4, -0.2) is 0 Å². The zero-order chi connectivity index (χ0) is 11.7. The summed E-state index contributed by atoms with van der Waals surface area (Å²) in [4.78, 5) is 2.80. The van der Waals surface area contributed by atoms with E-state index in [4.69, 9.17) is 0 Å². The molecule has 0 spiro atoms. The van der Waals surface area contributed by atoms with Crippen LogP contribution in [0.15, 0.2) is 24.3 Å². The molecule has 0 aliphatic carbocycles. The summed E-state index contributed by atoms with van der Waals surface area (Å²) >= 11 is 3.81. The van der Waals surface area contributed by atoms with E-state index < -0.39 is 0 Å². The second-order valence-corrected chi connectivity index (χ2v) is 6.13. The van der Waals surface area contributed by atoms with Crippen molar-refractivity contribution in [1.29, 1.82) is 0 Å². The minimum absolute atomic E-state index is 1.39. The first-order chi connectivity index (χ1) is 7.74. The van der Waals surface area contributed by atoms with Gasteiger partial charge in [-0.15, -0.1) is 22.7 Å². The van der Waals surface area contributed by atoms with Crippen molar-refractivity contribution in [2.45, 2.75) is 27.7 Å². The van der Waals surface area contributed by atoms with E-state index in [1.54, 1.807) is 0 Å². The summed E-state index contributed by atoms with van der Waals surface area (Å²) in [5.74, 6) is 0. The van der Waals surface area contributed by atoms with Crippen LogP contribution >= 0.6 is 22.7 Å². The van der Waals surface area contributed by atoms with E-state index in [-0.39, 0.29) is 0 Å². The lowest BCUT2D eigenvalue weighted by molar-refractivity contribution is 1.50. The zero-order valence-electron chi connectivity index (χ0n) is 10.1. The van der Waals surface area contributed by atoms with E-state index in [0.29, 0.717) is 0 Å². The highest BCUT2D eigenvalue weighted by Gasteiger charge is 2.05. The van der Waals surface area contributed by atoms with E-state index in [2.05, 4.69) is 38.1 Å². The third-order valence-corrected chi connectivity index (χ3v) is 4.71. The number of fused-ring (bicyclic) bond motifs is 3. The van der Waals surface area contributed by atoms with Crippen molar-refractivity contribution in [2.75, 3.05) is 0 Å². The Morgan fingerprint density at radius 3 is 1.50 bits per heavy atom. The molecular formula is C14H16S2. The number of hydrogen-bond acceptors (Lipinski definition) is 2. The first-order valence-corrected chi connectivity index (χ1v) is 7.26. The maximum absolute atomic E-state index is 2.27. The summed E-state index contributed by atoms with van der Waals surface area (Å²) in [7, 11) is 0. The first-order valence-electron chi connectivity index (χ1n) is 5.63. The predicted octanol–water partition coefficient (Wildman–Crippen LogP) is 5.76. The lowest BCUT2D eigenvalue weighted by Gasteiger charge is -1.90. The molecule has 1 aromatic carbocycles. The van der Waals surface area contributed by atoms with Crippen LogP contribution in [0.2, 0.25) is 0 Å². The third-order valence-electron chi connectivity index (χ3n) is 2.42. The Labute approximate surface area is 105 Å². The van der Waals surface area contributed by atoms with Gasteiger partial charge in [0, 0.05) is 9.75 Å². The molecule has 2 heterocycles. The molecule has 0 saturated heterocycles. The molecule has 0 amide bonds. The second-order valence-electron chi connectivity index (χ2n) is 3.62. The van der Waals surface area contributed by atoms with Gasteiger partial charge >= 0.3 is 0 Å². The van der Waals surface area contributed by atoms with Gasteiger partial charge < -0.3 is 0 Å². The van der Waals surface area contributed by atoms with Gasteiger partial charge in [-0.1, -0.05) is 26.0 Å². The molecule has 0 nitrogen and oxygen atoms in total. The fraction of sp³-hybridized carbons (Fsp3) is 0.286. The minimum atomic E-state index is 1.39. The molecular weight excluding hydrogens is 232 g/mol. The maximum atomic E-state index is 2.27. The van der Waals surface area contributed by atoms with Gasteiger partial charge in [-0.2, -0.15) is 0 Å². The quantitative estimate of drug-likeness (QED) is 0.474. The van der Waals surface area contributed by atoms with E-state index in [0.717, 1.165) is 0 Å². The molecule has 0 unspecified atom stereocenters. The summed E-state index contributed by atoms with van der Waals surface area (Å²) in [6, 6.07) is 9.00. The summed E-state index contributed by atoms with van der Waals surface area (Å²) in [5.41, 5.74) is 0. The van der Waals surface area contributed by atoms with Gasteiger partial charge in [0.25, 0.3) is 0 Å². The van der Waals surface area contributed by atoms with Crippen LogP contribution < -0.4 is 0 Å².